The molecule has 1 aromatic rings. The Bertz CT molecular complexity index is 377. The Kier molecular flexibility index (Phi) is 5.71. The summed E-state index contributed by atoms with van der Waals surface area (Å²) in [6.07, 6.45) is 6.80. The van der Waals surface area contributed by atoms with Crippen LogP contribution in [0.3, 0.4) is 0 Å². The van der Waals surface area contributed by atoms with Gasteiger partial charge in [0.25, 0.3) is 0 Å². The Labute approximate surface area is 117 Å². The molecule has 2 atom stereocenters. The van der Waals surface area contributed by atoms with Crippen LogP contribution in [0.4, 0.5) is 0 Å². The van der Waals surface area contributed by atoms with E-state index in [1.807, 2.05) is 13.0 Å². The molecule has 0 aromatic heterocycles. The minimum absolute atomic E-state index is 0.695. The zero-order valence-electron chi connectivity index (χ0n) is 12.3. The molecule has 1 aliphatic rings. The van der Waals surface area contributed by atoms with Crippen molar-refractivity contribution in [3.05, 3.63) is 29.8 Å². The second-order valence-corrected chi connectivity index (χ2v) is 5.77. The van der Waals surface area contributed by atoms with Crippen molar-refractivity contribution in [1.82, 2.24) is 5.32 Å². The molecule has 2 rings (SSSR count). The van der Waals surface area contributed by atoms with Gasteiger partial charge in [0.2, 0.25) is 0 Å². The molecule has 106 valence electrons. The van der Waals surface area contributed by atoms with E-state index in [0.29, 0.717) is 6.04 Å². The van der Waals surface area contributed by atoms with Crippen molar-refractivity contribution < 1.29 is 4.74 Å². The molecule has 1 saturated carbocycles. The van der Waals surface area contributed by atoms with E-state index in [2.05, 4.69) is 30.4 Å². The highest BCUT2D eigenvalue weighted by atomic mass is 16.5. The number of benzene rings is 1. The number of nitrogens with one attached hydrogen (secondary N) is 1. The minimum Gasteiger partial charge on any atom is -0.494 e. The quantitative estimate of drug-likeness (QED) is 0.804. The van der Waals surface area contributed by atoms with Crippen molar-refractivity contribution in [2.45, 2.75) is 58.5 Å². The van der Waals surface area contributed by atoms with E-state index < -0.39 is 0 Å². The lowest BCUT2D eigenvalue weighted by Gasteiger charge is -2.16. The molecule has 1 aliphatic carbocycles. The third-order valence-electron chi connectivity index (χ3n) is 4.06. The highest BCUT2D eigenvalue weighted by Gasteiger charge is 2.15. The third-order valence-corrected chi connectivity index (χ3v) is 4.06. The summed E-state index contributed by atoms with van der Waals surface area (Å²) in [4.78, 5) is 0. The second kappa shape index (κ2) is 7.54. The molecule has 0 heterocycles. The van der Waals surface area contributed by atoms with E-state index in [-0.39, 0.29) is 0 Å². The molecule has 0 bridgehead atoms. The zero-order chi connectivity index (χ0) is 13.5. The van der Waals surface area contributed by atoms with Gasteiger partial charge in [0.1, 0.15) is 5.75 Å². The third kappa shape index (κ3) is 4.87. The summed E-state index contributed by atoms with van der Waals surface area (Å²) < 4.78 is 5.54. The van der Waals surface area contributed by atoms with Gasteiger partial charge in [0.05, 0.1) is 6.61 Å². The van der Waals surface area contributed by atoms with Gasteiger partial charge in [-0.25, -0.2) is 0 Å². The zero-order valence-corrected chi connectivity index (χ0v) is 12.3. The van der Waals surface area contributed by atoms with Gasteiger partial charge in [-0.15, -0.1) is 0 Å². The molecule has 0 amide bonds. The molecule has 0 saturated heterocycles. The van der Waals surface area contributed by atoms with Crippen LogP contribution < -0.4 is 10.1 Å². The fraction of sp³-hybridized carbons (Fsp3) is 0.647. The lowest BCUT2D eigenvalue weighted by atomic mass is 10.0. The van der Waals surface area contributed by atoms with E-state index in [9.17, 15) is 0 Å². The average Bonchev–Trinajstić information content (AvgIpc) is 2.62. The molecule has 19 heavy (non-hydrogen) atoms. The summed E-state index contributed by atoms with van der Waals surface area (Å²) in [6.45, 7) is 6.10. The molecular weight excluding hydrogens is 234 g/mol. The summed E-state index contributed by atoms with van der Waals surface area (Å²) in [6, 6.07) is 9.13. The fourth-order valence-corrected chi connectivity index (χ4v) is 2.87. The number of ether oxygens (including phenoxy) is 1. The van der Waals surface area contributed by atoms with Crippen molar-refractivity contribution >= 4 is 0 Å². The smallest absolute Gasteiger partial charge is 0.119 e. The molecule has 2 heteroatoms. The predicted octanol–water partition coefficient (Wildman–Crippen LogP) is 4.14. The first-order valence-electron chi connectivity index (χ1n) is 7.73. The highest BCUT2D eigenvalue weighted by Crippen LogP contribution is 2.23. The molecule has 1 N–H and O–H groups in total. The van der Waals surface area contributed by atoms with Crippen molar-refractivity contribution in [3.63, 3.8) is 0 Å². The highest BCUT2D eigenvalue weighted by molar-refractivity contribution is 5.28. The first-order valence-corrected chi connectivity index (χ1v) is 7.73. The van der Waals surface area contributed by atoms with Crippen molar-refractivity contribution in [2.75, 3.05) is 6.61 Å². The van der Waals surface area contributed by atoms with Gasteiger partial charge in [-0.2, -0.15) is 0 Å². The lowest BCUT2D eigenvalue weighted by molar-refractivity contribution is 0.339. The number of hydrogen-bond acceptors (Lipinski definition) is 2. The Morgan fingerprint density at radius 3 is 2.95 bits per heavy atom. The Morgan fingerprint density at radius 2 is 2.11 bits per heavy atom. The number of rotatable bonds is 5. The predicted molar refractivity (Wildman–Crippen MR) is 80.5 cm³/mol. The van der Waals surface area contributed by atoms with Gasteiger partial charge in [-0.1, -0.05) is 31.9 Å². The van der Waals surface area contributed by atoms with Crippen molar-refractivity contribution in [1.29, 1.82) is 0 Å². The second-order valence-electron chi connectivity index (χ2n) is 5.77. The van der Waals surface area contributed by atoms with E-state index in [1.54, 1.807) is 0 Å². The Balaban J connectivity index is 1.82. The van der Waals surface area contributed by atoms with E-state index >= 15 is 0 Å². The van der Waals surface area contributed by atoms with Crippen LogP contribution in [0.15, 0.2) is 24.3 Å². The van der Waals surface area contributed by atoms with Crippen LogP contribution in [0, 0.1) is 5.92 Å². The first kappa shape index (κ1) is 14.4. The van der Waals surface area contributed by atoms with Gasteiger partial charge < -0.3 is 10.1 Å². The molecule has 1 fully saturated rings. The maximum Gasteiger partial charge on any atom is 0.119 e. The average molecular weight is 261 g/mol. The summed E-state index contributed by atoms with van der Waals surface area (Å²) in [5.74, 6) is 1.89. The monoisotopic (exact) mass is 261 g/mol. The van der Waals surface area contributed by atoms with E-state index in [4.69, 9.17) is 4.74 Å². The summed E-state index contributed by atoms with van der Waals surface area (Å²) in [5, 5.41) is 3.71. The minimum atomic E-state index is 0.695. The molecule has 0 radical (unpaired) electrons. The maximum absolute atomic E-state index is 5.54. The van der Waals surface area contributed by atoms with Crippen molar-refractivity contribution in [2.24, 2.45) is 5.92 Å². The normalized spacial score (nSPS) is 23.9. The van der Waals surface area contributed by atoms with E-state index in [1.165, 1.54) is 37.7 Å². The Hall–Kier alpha value is -1.02. The van der Waals surface area contributed by atoms with Gasteiger partial charge in [-0.05, 0) is 49.8 Å². The van der Waals surface area contributed by atoms with Crippen LogP contribution in [0.1, 0.15) is 51.5 Å². The molecule has 0 aliphatic heterocycles. The van der Waals surface area contributed by atoms with Crippen LogP contribution >= 0.6 is 0 Å². The summed E-state index contributed by atoms with van der Waals surface area (Å²) in [7, 11) is 0. The molecular formula is C17H27NO. The van der Waals surface area contributed by atoms with Crippen LogP contribution in [0.2, 0.25) is 0 Å². The SMILES string of the molecule is CCOc1cccc(CNC2CCCC(C)CC2)c1. The maximum atomic E-state index is 5.54. The topological polar surface area (TPSA) is 21.3 Å². The van der Waals surface area contributed by atoms with Crippen LogP contribution in [0.5, 0.6) is 5.75 Å². The van der Waals surface area contributed by atoms with Crippen LogP contribution in [-0.4, -0.2) is 12.6 Å². The molecule has 2 nitrogen and oxygen atoms in total. The molecule has 1 aromatic carbocycles. The van der Waals surface area contributed by atoms with Crippen molar-refractivity contribution in [3.8, 4) is 5.75 Å². The van der Waals surface area contributed by atoms with Gasteiger partial charge in [-0.3, -0.25) is 0 Å². The number of hydrogen-bond donors (Lipinski definition) is 1. The largest absolute Gasteiger partial charge is 0.494 e. The molecule has 2 unspecified atom stereocenters. The lowest BCUT2D eigenvalue weighted by Crippen LogP contribution is -2.27. The first-order chi connectivity index (χ1) is 9.28. The van der Waals surface area contributed by atoms with Crippen LogP contribution in [-0.2, 0) is 6.54 Å². The van der Waals surface area contributed by atoms with Gasteiger partial charge in [0, 0.05) is 12.6 Å². The molecule has 0 spiro atoms. The van der Waals surface area contributed by atoms with Gasteiger partial charge in [0.15, 0.2) is 0 Å². The van der Waals surface area contributed by atoms with Crippen LogP contribution in [0.25, 0.3) is 0 Å². The fourth-order valence-electron chi connectivity index (χ4n) is 2.87. The Morgan fingerprint density at radius 1 is 1.21 bits per heavy atom. The summed E-state index contributed by atoms with van der Waals surface area (Å²) >= 11 is 0. The van der Waals surface area contributed by atoms with E-state index in [0.717, 1.165) is 24.8 Å². The summed E-state index contributed by atoms with van der Waals surface area (Å²) in [5.41, 5.74) is 1.32. The standard InChI is InChI=1S/C17H27NO/c1-3-19-17-9-5-7-15(12-17)13-18-16-8-4-6-14(2)10-11-16/h5,7,9,12,14,16,18H,3-4,6,8,10-11,13H2,1-2H3. The van der Waals surface area contributed by atoms with Gasteiger partial charge >= 0.3 is 0 Å².